The van der Waals surface area contributed by atoms with Gasteiger partial charge in [0.25, 0.3) is 0 Å². The Labute approximate surface area is 230 Å². The molecule has 2 unspecified atom stereocenters. The van der Waals surface area contributed by atoms with Gasteiger partial charge in [-0.25, -0.2) is 23.7 Å². The lowest BCUT2D eigenvalue weighted by Crippen LogP contribution is -2.64. The van der Waals surface area contributed by atoms with Crippen molar-refractivity contribution in [2.45, 2.75) is 50.7 Å². The van der Waals surface area contributed by atoms with E-state index in [9.17, 15) is 13.6 Å². The van der Waals surface area contributed by atoms with Gasteiger partial charge in [-0.3, -0.25) is 9.78 Å². The van der Waals surface area contributed by atoms with Gasteiger partial charge in [0, 0.05) is 31.2 Å². The molecule has 0 spiro atoms. The summed E-state index contributed by atoms with van der Waals surface area (Å²) in [4.78, 5) is 35.0. The molecule has 2 saturated heterocycles. The summed E-state index contributed by atoms with van der Waals surface area (Å²) in [5.41, 5.74) is 15.4. The van der Waals surface area contributed by atoms with Gasteiger partial charge in [0.2, 0.25) is 5.91 Å². The van der Waals surface area contributed by atoms with Crippen molar-refractivity contribution in [3.63, 3.8) is 0 Å². The highest BCUT2D eigenvalue weighted by molar-refractivity contribution is 5.88. The van der Waals surface area contributed by atoms with E-state index in [1.165, 1.54) is 12.4 Å². The highest BCUT2D eigenvalue weighted by atomic mass is 19.2. The van der Waals surface area contributed by atoms with Crippen LogP contribution in [0.1, 0.15) is 38.2 Å². The van der Waals surface area contributed by atoms with Crippen LogP contribution in [0.5, 0.6) is 0 Å². The number of carbonyl (C=O) groups is 1. The number of nitrogens with zero attached hydrogens (tertiary/aromatic N) is 7. The zero-order valence-corrected chi connectivity index (χ0v) is 22.2. The molecule has 10 nitrogen and oxygen atoms in total. The average Bonchev–Trinajstić information content (AvgIpc) is 3.56. The molecule has 40 heavy (non-hydrogen) atoms. The van der Waals surface area contributed by atoms with Crippen molar-refractivity contribution in [3.8, 4) is 11.3 Å². The smallest absolute Gasteiger partial charge is 0.244 e. The van der Waals surface area contributed by atoms with Crippen molar-refractivity contribution in [2.75, 3.05) is 30.3 Å². The molecule has 6 rings (SSSR count). The summed E-state index contributed by atoms with van der Waals surface area (Å²) in [7, 11) is 0. The molecular weight excluding hydrogens is 516 g/mol. The van der Waals surface area contributed by atoms with Gasteiger partial charge in [0.1, 0.15) is 17.4 Å². The molecule has 4 aromatic rings. The van der Waals surface area contributed by atoms with Gasteiger partial charge >= 0.3 is 0 Å². The predicted molar refractivity (Wildman–Crippen MR) is 147 cm³/mol. The summed E-state index contributed by atoms with van der Waals surface area (Å²) in [5.74, 6) is -1.61. The van der Waals surface area contributed by atoms with E-state index >= 15 is 0 Å². The van der Waals surface area contributed by atoms with Crippen molar-refractivity contribution >= 4 is 28.6 Å². The van der Waals surface area contributed by atoms with Crippen LogP contribution in [0, 0.1) is 11.6 Å². The first-order chi connectivity index (χ1) is 19.2. The second kappa shape index (κ2) is 10.1. The Morgan fingerprint density at radius 2 is 1.95 bits per heavy atom. The molecule has 4 N–H and O–H groups in total. The number of anilines is 2. The Hall–Kier alpha value is -4.19. The van der Waals surface area contributed by atoms with E-state index in [2.05, 4.69) is 31.8 Å². The molecule has 2 aliphatic rings. The highest BCUT2D eigenvalue weighted by Crippen LogP contribution is 2.33. The Morgan fingerprint density at radius 1 is 1.10 bits per heavy atom. The monoisotopic (exact) mass is 547 g/mol. The SMILES string of the molecule is CC1CCCN1C(=O)C1(N)CCCN(c2cnc(-c3ccc(F)c(F)c3)cc2Cn2cnc3c(N)ncnc32)C1. The first-order valence-electron chi connectivity index (χ1n) is 13.4. The number of amides is 1. The Morgan fingerprint density at radius 3 is 2.73 bits per heavy atom. The molecule has 2 fully saturated rings. The molecule has 1 aromatic carbocycles. The number of carbonyl (C=O) groups excluding carboxylic acids is 1. The molecule has 1 amide bonds. The van der Waals surface area contributed by atoms with E-state index in [0.29, 0.717) is 48.5 Å². The van der Waals surface area contributed by atoms with Crippen LogP contribution < -0.4 is 16.4 Å². The quantitative estimate of drug-likeness (QED) is 0.390. The van der Waals surface area contributed by atoms with Crippen molar-refractivity contribution < 1.29 is 13.6 Å². The number of imidazole rings is 1. The number of hydrogen-bond acceptors (Lipinski definition) is 8. The van der Waals surface area contributed by atoms with E-state index < -0.39 is 17.2 Å². The number of aromatic nitrogens is 5. The minimum Gasteiger partial charge on any atom is -0.382 e. The van der Waals surface area contributed by atoms with E-state index in [1.54, 1.807) is 12.5 Å². The molecule has 0 saturated carbocycles. The summed E-state index contributed by atoms with van der Waals surface area (Å²) >= 11 is 0. The molecule has 2 atom stereocenters. The van der Waals surface area contributed by atoms with Crippen LogP contribution >= 0.6 is 0 Å². The van der Waals surface area contributed by atoms with Crippen LogP contribution in [0.25, 0.3) is 22.4 Å². The number of halogens is 2. The van der Waals surface area contributed by atoms with Crippen LogP contribution in [-0.4, -0.2) is 66.5 Å². The molecule has 0 aliphatic carbocycles. The van der Waals surface area contributed by atoms with Crippen molar-refractivity contribution in [1.82, 2.24) is 29.4 Å². The number of hydrogen-bond donors (Lipinski definition) is 2. The topological polar surface area (TPSA) is 132 Å². The maximum Gasteiger partial charge on any atom is 0.244 e. The number of nitrogens with two attached hydrogens (primary N) is 2. The van der Waals surface area contributed by atoms with Crippen LogP contribution in [0.4, 0.5) is 20.3 Å². The fourth-order valence-electron chi connectivity index (χ4n) is 5.90. The van der Waals surface area contributed by atoms with Crippen LogP contribution in [0.2, 0.25) is 0 Å². The Kier molecular flexibility index (Phi) is 6.57. The van der Waals surface area contributed by atoms with Crippen LogP contribution in [0.3, 0.4) is 0 Å². The van der Waals surface area contributed by atoms with Gasteiger partial charge < -0.3 is 25.8 Å². The Bertz CT molecular complexity index is 1590. The van der Waals surface area contributed by atoms with Gasteiger partial charge in [-0.1, -0.05) is 0 Å². The molecule has 208 valence electrons. The molecule has 12 heteroatoms. The van der Waals surface area contributed by atoms with E-state index in [0.717, 1.165) is 49.2 Å². The van der Waals surface area contributed by atoms with Gasteiger partial charge in [-0.05, 0) is 62.4 Å². The summed E-state index contributed by atoms with van der Waals surface area (Å²) in [6.07, 6.45) is 8.05. The second-order valence-electron chi connectivity index (χ2n) is 10.8. The van der Waals surface area contributed by atoms with Gasteiger partial charge in [-0.2, -0.15) is 0 Å². The fraction of sp³-hybridized carbons (Fsp3) is 0.393. The number of rotatable bonds is 5. The number of nitrogen functional groups attached to an aromatic ring is 1. The van der Waals surface area contributed by atoms with E-state index in [4.69, 9.17) is 11.5 Å². The second-order valence-corrected chi connectivity index (χ2v) is 10.8. The lowest BCUT2D eigenvalue weighted by atomic mass is 9.87. The highest BCUT2D eigenvalue weighted by Gasteiger charge is 2.43. The minimum atomic E-state index is -1.02. The molecule has 2 aliphatic heterocycles. The van der Waals surface area contributed by atoms with Gasteiger partial charge in [-0.15, -0.1) is 0 Å². The number of benzene rings is 1. The summed E-state index contributed by atoms with van der Waals surface area (Å²) < 4.78 is 29.5. The molecule has 5 heterocycles. The molecule has 0 radical (unpaired) electrons. The van der Waals surface area contributed by atoms with Gasteiger partial charge in [0.05, 0.1) is 30.5 Å². The average molecular weight is 548 g/mol. The summed E-state index contributed by atoms with van der Waals surface area (Å²) in [5, 5.41) is 0. The lowest BCUT2D eigenvalue weighted by Gasteiger charge is -2.43. The van der Waals surface area contributed by atoms with Crippen LogP contribution in [-0.2, 0) is 11.3 Å². The number of pyridine rings is 1. The largest absolute Gasteiger partial charge is 0.382 e. The summed E-state index contributed by atoms with van der Waals surface area (Å²) in [6.45, 7) is 4.18. The predicted octanol–water partition coefficient (Wildman–Crippen LogP) is 3.11. The first-order valence-corrected chi connectivity index (χ1v) is 13.4. The van der Waals surface area contributed by atoms with Crippen LogP contribution in [0.15, 0.2) is 43.1 Å². The fourth-order valence-corrected chi connectivity index (χ4v) is 5.90. The molecule has 3 aromatic heterocycles. The standard InChI is InChI=1S/C28H31F2N9O/c1-17-4-2-9-39(17)27(40)28(32)7-3-8-37(14-28)23-12-33-22(18-5-6-20(29)21(30)10-18)11-19(23)13-38-16-36-24-25(31)34-15-35-26(24)38/h5-6,10-12,15-17H,2-4,7-9,13-14,32H2,1H3,(H2,31,34,35). The van der Waals surface area contributed by atoms with Crippen molar-refractivity contribution in [3.05, 3.63) is 60.3 Å². The Balaban J connectivity index is 1.39. The first kappa shape index (κ1) is 26.1. The number of piperidine rings is 1. The van der Waals surface area contributed by atoms with Crippen molar-refractivity contribution in [2.24, 2.45) is 5.73 Å². The van der Waals surface area contributed by atoms with E-state index in [1.807, 2.05) is 15.5 Å². The third-order valence-electron chi connectivity index (χ3n) is 8.06. The lowest BCUT2D eigenvalue weighted by molar-refractivity contribution is -0.137. The zero-order valence-electron chi connectivity index (χ0n) is 22.2. The normalized spacial score (nSPS) is 21.4. The van der Waals surface area contributed by atoms with Gasteiger partial charge in [0.15, 0.2) is 23.1 Å². The molecular formula is C28H31F2N9O. The molecule has 0 bridgehead atoms. The maximum absolute atomic E-state index is 14.1. The van der Waals surface area contributed by atoms with E-state index in [-0.39, 0.29) is 17.8 Å². The third kappa shape index (κ3) is 4.61. The number of likely N-dealkylation sites (tertiary alicyclic amines) is 1. The maximum atomic E-state index is 14.1. The summed E-state index contributed by atoms with van der Waals surface area (Å²) in [6, 6.07) is 5.73. The zero-order chi connectivity index (χ0) is 28.0. The number of fused-ring (bicyclic) bond motifs is 1. The minimum absolute atomic E-state index is 0.0112. The van der Waals surface area contributed by atoms with Crippen molar-refractivity contribution in [1.29, 1.82) is 0 Å². The third-order valence-corrected chi connectivity index (χ3v) is 8.06.